The first kappa shape index (κ1) is 10.6. The smallest absolute Gasteiger partial charge is 0.341 e. The first-order chi connectivity index (χ1) is 6.84. The van der Waals surface area contributed by atoms with Crippen LogP contribution in [-0.2, 0) is 4.74 Å². The van der Waals surface area contributed by atoms with Crippen LogP contribution in [0.1, 0.15) is 36.5 Å². The lowest BCUT2D eigenvalue weighted by Gasteiger charge is -2.02. The summed E-state index contributed by atoms with van der Waals surface area (Å²) in [5.41, 5.74) is 0.406. The zero-order chi connectivity index (χ0) is 10.2. The molecule has 76 valence electrons. The van der Waals surface area contributed by atoms with E-state index >= 15 is 0 Å². The van der Waals surface area contributed by atoms with Crippen molar-refractivity contribution in [1.29, 1.82) is 0 Å². The van der Waals surface area contributed by atoms with E-state index in [2.05, 4.69) is 16.9 Å². The van der Waals surface area contributed by atoms with Crippen LogP contribution in [0.15, 0.2) is 18.7 Å². The molecule has 0 saturated carbocycles. The lowest BCUT2D eigenvalue weighted by Crippen LogP contribution is -2.07. The molecule has 4 nitrogen and oxygen atoms in total. The Hall–Kier alpha value is -1.45. The fraction of sp³-hybridized carbons (Fsp3) is 0.500. The zero-order valence-electron chi connectivity index (χ0n) is 8.27. The average Bonchev–Trinajstić information content (AvgIpc) is 2.25. The number of esters is 1. The first-order valence-electron chi connectivity index (χ1n) is 4.76. The molecule has 1 aromatic rings. The summed E-state index contributed by atoms with van der Waals surface area (Å²) in [6.07, 6.45) is 7.40. The lowest BCUT2D eigenvalue weighted by atomic mass is 10.3. The molecule has 0 aliphatic rings. The molecule has 1 aromatic heterocycles. The van der Waals surface area contributed by atoms with E-state index in [9.17, 15) is 4.79 Å². The van der Waals surface area contributed by atoms with Crippen LogP contribution in [0.2, 0.25) is 0 Å². The number of aromatic nitrogens is 2. The summed E-state index contributed by atoms with van der Waals surface area (Å²) in [6, 6.07) is 0. The van der Waals surface area contributed by atoms with Gasteiger partial charge in [0.1, 0.15) is 6.33 Å². The molecule has 0 aliphatic carbocycles. The van der Waals surface area contributed by atoms with Crippen molar-refractivity contribution in [3.63, 3.8) is 0 Å². The second kappa shape index (κ2) is 6.07. The quantitative estimate of drug-likeness (QED) is 0.530. The summed E-state index contributed by atoms with van der Waals surface area (Å²) >= 11 is 0. The Kier molecular flexibility index (Phi) is 4.61. The monoisotopic (exact) mass is 194 g/mol. The average molecular weight is 194 g/mol. The number of nitrogens with zero attached hydrogens (tertiary/aromatic N) is 2. The Balaban J connectivity index is 2.29. The van der Waals surface area contributed by atoms with E-state index in [4.69, 9.17) is 4.74 Å². The van der Waals surface area contributed by atoms with Crippen molar-refractivity contribution in [2.24, 2.45) is 0 Å². The largest absolute Gasteiger partial charge is 0.462 e. The molecule has 0 fully saturated rings. The molecule has 0 spiro atoms. The van der Waals surface area contributed by atoms with Gasteiger partial charge in [-0.2, -0.15) is 0 Å². The third-order valence-corrected chi connectivity index (χ3v) is 1.78. The predicted molar refractivity (Wildman–Crippen MR) is 51.8 cm³/mol. The standard InChI is InChI=1S/C10H14N2O2/c1-2-3-4-5-14-10(13)9-6-11-8-12-7-9/h6-8H,2-5H2,1H3. The Morgan fingerprint density at radius 1 is 1.36 bits per heavy atom. The lowest BCUT2D eigenvalue weighted by molar-refractivity contribution is 0.0497. The van der Waals surface area contributed by atoms with E-state index in [1.54, 1.807) is 0 Å². The minimum atomic E-state index is -0.346. The molecule has 0 radical (unpaired) electrons. The van der Waals surface area contributed by atoms with Crippen LogP contribution < -0.4 is 0 Å². The van der Waals surface area contributed by atoms with Crippen molar-refractivity contribution in [3.8, 4) is 0 Å². The maximum Gasteiger partial charge on any atom is 0.341 e. The third kappa shape index (κ3) is 3.51. The molecular weight excluding hydrogens is 180 g/mol. The molecule has 1 heterocycles. The number of ether oxygens (including phenoxy) is 1. The summed E-state index contributed by atoms with van der Waals surface area (Å²) in [6.45, 7) is 2.58. The predicted octanol–water partition coefficient (Wildman–Crippen LogP) is 1.82. The number of rotatable bonds is 5. The number of carbonyl (C=O) groups is 1. The molecule has 0 aliphatic heterocycles. The molecule has 0 bridgehead atoms. The minimum Gasteiger partial charge on any atom is -0.462 e. The molecule has 0 aromatic carbocycles. The van der Waals surface area contributed by atoms with Crippen LogP contribution in [0.3, 0.4) is 0 Å². The molecule has 14 heavy (non-hydrogen) atoms. The van der Waals surface area contributed by atoms with Crippen molar-refractivity contribution >= 4 is 5.97 Å². The third-order valence-electron chi connectivity index (χ3n) is 1.78. The Bertz CT molecular complexity index is 275. The summed E-state index contributed by atoms with van der Waals surface area (Å²) < 4.78 is 5.01. The molecule has 0 saturated heterocycles. The van der Waals surface area contributed by atoms with Gasteiger partial charge in [0.25, 0.3) is 0 Å². The highest BCUT2D eigenvalue weighted by atomic mass is 16.5. The second-order valence-corrected chi connectivity index (χ2v) is 2.97. The SMILES string of the molecule is CCCCCOC(=O)c1cncnc1. The number of unbranched alkanes of at least 4 members (excludes halogenated alkanes) is 2. The highest BCUT2D eigenvalue weighted by molar-refractivity contribution is 5.88. The van der Waals surface area contributed by atoms with Gasteiger partial charge in [-0.3, -0.25) is 0 Å². The fourth-order valence-corrected chi connectivity index (χ4v) is 1.00. The molecule has 4 heteroatoms. The Morgan fingerprint density at radius 2 is 2.07 bits per heavy atom. The van der Waals surface area contributed by atoms with E-state index < -0.39 is 0 Å². The van der Waals surface area contributed by atoms with E-state index in [0.717, 1.165) is 19.3 Å². The van der Waals surface area contributed by atoms with Crippen molar-refractivity contribution in [2.75, 3.05) is 6.61 Å². The topological polar surface area (TPSA) is 52.1 Å². The highest BCUT2D eigenvalue weighted by Gasteiger charge is 2.05. The molecule has 0 amide bonds. The number of hydrogen-bond acceptors (Lipinski definition) is 4. The normalized spacial score (nSPS) is 9.79. The van der Waals surface area contributed by atoms with Gasteiger partial charge in [0.05, 0.1) is 12.2 Å². The van der Waals surface area contributed by atoms with Crippen LogP contribution in [0.25, 0.3) is 0 Å². The number of hydrogen-bond donors (Lipinski definition) is 0. The summed E-state index contributed by atoms with van der Waals surface area (Å²) in [7, 11) is 0. The zero-order valence-corrected chi connectivity index (χ0v) is 8.27. The van der Waals surface area contributed by atoms with Crippen molar-refractivity contribution < 1.29 is 9.53 Å². The molecule has 1 rings (SSSR count). The first-order valence-corrected chi connectivity index (χ1v) is 4.76. The minimum absolute atomic E-state index is 0.346. The van der Waals surface area contributed by atoms with Crippen LogP contribution in [-0.4, -0.2) is 22.5 Å². The molecule has 0 N–H and O–H groups in total. The molecular formula is C10H14N2O2. The maximum atomic E-state index is 11.3. The van der Waals surface area contributed by atoms with Crippen LogP contribution in [0, 0.1) is 0 Å². The number of carbonyl (C=O) groups excluding carboxylic acids is 1. The van der Waals surface area contributed by atoms with Gasteiger partial charge < -0.3 is 4.74 Å². The fourth-order valence-electron chi connectivity index (χ4n) is 1.00. The highest BCUT2D eigenvalue weighted by Crippen LogP contribution is 1.99. The van der Waals surface area contributed by atoms with Gasteiger partial charge in [-0.15, -0.1) is 0 Å². The molecule has 0 unspecified atom stereocenters. The van der Waals surface area contributed by atoms with Crippen molar-refractivity contribution in [3.05, 3.63) is 24.3 Å². The van der Waals surface area contributed by atoms with Gasteiger partial charge in [0.2, 0.25) is 0 Å². The van der Waals surface area contributed by atoms with Gasteiger partial charge >= 0.3 is 5.97 Å². The van der Waals surface area contributed by atoms with Gasteiger partial charge in [-0.1, -0.05) is 19.8 Å². The van der Waals surface area contributed by atoms with E-state index in [1.165, 1.54) is 18.7 Å². The van der Waals surface area contributed by atoms with Crippen molar-refractivity contribution in [2.45, 2.75) is 26.2 Å². The Morgan fingerprint density at radius 3 is 2.71 bits per heavy atom. The van der Waals surface area contributed by atoms with E-state index in [0.29, 0.717) is 12.2 Å². The summed E-state index contributed by atoms with van der Waals surface area (Å²) in [5.74, 6) is -0.346. The maximum absolute atomic E-state index is 11.3. The van der Waals surface area contributed by atoms with Crippen molar-refractivity contribution in [1.82, 2.24) is 9.97 Å². The van der Waals surface area contributed by atoms with E-state index in [1.807, 2.05) is 0 Å². The summed E-state index contributed by atoms with van der Waals surface area (Å²) in [4.78, 5) is 18.8. The van der Waals surface area contributed by atoms with Gasteiger partial charge in [0.15, 0.2) is 0 Å². The second-order valence-electron chi connectivity index (χ2n) is 2.97. The van der Waals surface area contributed by atoms with Crippen LogP contribution >= 0.6 is 0 Å². The van der Waals surface area contributed by atoms with Crippen LogP contribution in [0.5, 0.6) is 0 Å². The Labute approximate surface area is 83.3 Å². The van der Waals surface area contributed by atoms with Crippen LogP contribution in [0.4, 0.5) is 0 Å². The van der Waals surface area contributed by atoms with Gasteiger partial charge in [-0.05, 0) is 6.42 Å². The van der Waals surface area contributed by atoms with Gasteiger partial charge in [0, 0.05) is 12.4 Å². The van der Waals surface area contributed by atoms with E-state index in [-0.39, 0.29) is 5.97 Å². The summed E-state index contributed by atoms with van der Waals surface area (Å²) in [5, 5.41) is 0. The van der Waals surface area contributed by atoms with Gasteiger partial charge in [-0.25, -0.2) is 14.8 Å². The molecule has 0 atom stereocenters.